The first-order chi connectivity index (χ1) is 12.6. The highest BCUT2D eigenvalue weighted by atomic mass is 35.5. The third kappa shape index (κ3) is 3.53. The number of nitrogens with zero attached hydrogens (tertiary/aromatic N) is 2. The Bertz CT molecular complexity index is 697. The number of fused-ring (bicyclic) bond motifs is 1. The van der Waals surface area contributed by atoms with Gasteiger partial charge in [-0.05, 0) is 36.6 Å². The first-order valence-corrected chi connectivity index (χ1v) is 9.70. The van der Waals surface area contributed by atoms with Crippen LogP contribution in [0.15, 0.2) is 18.2 Å². The number of amides is 2. The lowest BCUT2D eigenvalue weighted by Crippen LogP contribution is -2.50. The fourth-order valence-corrected chi connectivity index (χ4v) is 4.28. The summed E-state index contributed by atoms with van der Waals surface area (Å²) in [6.45, 7) is 3.92. The second-order valence-electron chi connectivity index (χ2n) is 7.24. The SMILES string of the molecule is O=C(C1CCN(C(=O)C2Cc3cc(Cl)ccc3N2)CC1)N1CCOCC1. The van der Waals surface area contributed by atoms with Crippen molar-refractivity contribution in [1.82, 2.24) is 9.80 Å². The summed E-state index contributed by atoms with van der Waals surface area (Å²) in [5, 5.41) is 4.00. The van der Waals surface area contributed by atoms with Gasteiger partial charge < -0.3 is 19.9 Å². The predicted octanol–water partition coefficient (Wildman–Crippen LogP) is 1.77. The molecule has 0 aliphatic carbocycles. The Morgan fingerprint density at radius 1 is 1.04 bits per heavy atom. The van der Waals surface area contributed by atoms with E-state index in [1.807, 2.05) is 28.0 Å². The van der Waals surface area contributed by atoms with E-state index >= 15 is 0 Å². The van der Waals surface area contributed by atoms with Crippen LogP contribution in [0.2, 0.25) is 5.02 Å². The van der Waals surface area contributed by atoms with E-state index < -0.39 is 0 Å². The molecule has 3 heterocycles. The van der Waals surface area contributed by atoms with Crippen molar-refractivity contribution >= 4 is 29.1 Å². The summed E-state index contributed by atoms with van der Waals surface area (Å²) in [6.07, 6.45) is 2.15. The van der Waals surface area contributed by atoms with Crippen LogP contribution in [0.4, 0.5) is 5.69 Å². The molecule has 0 aromatic heterocycles. The van der Waals surface area contributed by atoms with Gasteiger partial charge in [0.2, 0.25) is 11.8 Å². The van der Waals surface area contributed by atoms with Crippen LogP contribution in [-0.2, 0) is 20.7 Å². The molecule has 1 unspecified atom stereocenters. The molecule has 4 rings (SSSR count). The van der Waals surface area contributed by atoms with E-state index in [1.54, 1.807) is 0 Å². The molecule has 2 amide bonds. The monoisotopic (exact) mass is 377 g/mol. The maximum Gasteiger partial charge on any atom is 0.245 e. The minimum atomic E-state index is -0.227. The number of hydrogen-bond acceptors (Lipinski definition) is 4. The summed E-state index contributed by atoms with van der Waals surface area (Å²) in [5.41, 5.74) is 2.08. The number of likely N-dealkylation sites (tertiary alicyclic amines) is 1. The number of carbonyl (C=O) groups is 2. The molecule has 1 atom stereocenters. The second-order valence-corrected chi connectivity index (χ2v) is 7.68. The van der Waals surface area contributed by atoms with Gasteiger partial charge in [0.25, 0.3) is 0 Å². The Balaban J connectivity index is 1.31. The van der Waals surface area contributed by atoms with Gasteiger partial charge in [-0.25, -0.2) is 0 Å². The van der Waals surface area contributed by atoms with E-state index in [1.165, 1.54) is 0 Å². The highest BCUT2D eigenvalue weighted by molar-refractivity contribution is 6.30. The van der Waals surface area contributed by atoms with Gasteiger partial charge in [-0.1, -0.05) is 11.6 Å². The quantitative estimate of drug-likeness (QED) is 0.853. The van der Waals surface area contributed by atoms with E-state index in [4.69, 9.17) is 16.3 Å². The number of ether oxygens (including phenoxy) is 1. The lowest BCUT2D eigenvalue weighted by molar-refractivity contribution is -0.143. The predicted molar refractivity (Wildman–Crippen MR) is 99.3 cm³/mol. The number of anilines is 1. The van der Waals surface area contributed by atoms with Crippen LogP contribution in [0.1, 0.15) is 18.4 Å². The summed E-state index contributed by atoms with van der Waals surface area (Å²) >= 11 is 6.04. The van der Waals surface area contributed by atoms with Crippen LogP contribution in [0, 0.1) is 5.92 Å². The molecule has 0 spiro atoms. The summed E-state index contributed by atoms with van der Waals surface area (Å²) in [5.74, 6) is 0.376. The van der Waals surface area contributed by atoms with Crippen molar-refractivity contribution in [1.29, 1.82) is 0 Å². The molecule has 6 nitrogen and oxygen atoms in total. The number of benzene rings is 1. The number of nitrogens with one attached hydrogen (secondary N) is 1. The normalized spacial score (nSPS) is 23.5. The fraction of sp³-hybridized carbons (Fsp3) is 0.579. The van der Waals surface area contributed by atoms with E-state index in [-0.39, 0.29) is 23.8 Å². The van der Waals surface area contributed by atoms with Crippen LogP contribution in [0.25, 0.3) is 0 Å². The fourth-order valence-electron chi connectivity index (χ4n) is 4.09. The molecule has 3 aliphatic rings. The lowest BCUT2D eigenvalue weighted by Gasteiger charge is -2.36. The van der Waals surface area contributed by atoms with Crippen molar-refractivity contribution in [3.8, 4) is 0 Å². The van der Waals surface area contributed by atoms with E-state index in [0.29, 0.717) is 50.8 Å². The van der Waals surface area contributed by atoms with Crippen LogP contribution >= 0.6 is 11.6 Å². The van der Waals surface area contributed by atoms with Gasteiger partial charge in [-0.2, -0.15) is 0 Å². The Kier molecular flexibility index (Phi) is 5.05. The molecule has 140 valence electrons. The van der Waals surface area contributed by atoms with Crippen LogP contribution in [0.5, 0.6) is 0 Å². The average molecular weight is 378 g/mol. The number of hydrogen-bond donors (Lipinski definition) is 1. The molecule has 2 saturated heterocycles. The Morgan fingerprint density at radius 3 is 2.46 bits per heavy atom. The van der Waals surface area contributed by atoms with Crippen molar-refractivity contribution < 1.29 is 14.3 Å². The van der Waals surface area contributed by atoms with E-state index in [0.717, 1.165) is 24.1 Å². The van der Waals surface area contributed by atoms with Gasteiger partial charge >= 0.3 is 0 Å². The van der Waals surface area contributed by atoms with E-state index in [9.17, 15) is 9.59 Å². The van der Waals surface area contributed by atoms with Gasteiger partial charge in [0.1, 0.15) is 6.04 Å². The van der Waals surface area contributed by atoms with E-state index in [2.05, 4.69) is 5.32 Å². The zero-order valence-corrected chi connectivity index (χ0v) is 15.5. The van der Waals surface area contributed by atoms with Gasteiger partial charge in [0.05, 0.1) is 13.2 Å². The smallest absolute Gasteiger partial charge is 0.245 e. The minimum absolute atomic E-state index is 0.0321. The van der Waals surface area contributed by atoms with Crippen molar-refractivity contribution in [2.75, 3.05) is 44.7 Å². The molecular weight excluding hydrogens is 354 g/mol. The second kappa shape index (κ2) is 7.45. The number of halogens is 1. The number of morpholine rings is 1. The summed E-state index contributed by atoms with van der Waals surface area (Å²) in [7, 11) is 0. The maximum absolute atomic E-state index is 12.9. The standard InChI is InChI=1S/C19H24ClN3O3/c20-15-1-2-16-14(11-15)12-17(21-16)19(25)22-5-3-13(4-6-22)18(24)23-7-9-26-10-8-23/h1-2,11,13,17,21H,3-10,12H2. The van der Waals surface area contributed by atoms with Crippen LogP contribution in [0.3, 0.4) is 0 Å². The minimum Gasteiger partial charge on any atom is -0.378 e. The van der Waals surface area contributed by atoms with Crippen LogP contribution < -0.4 is 5.32 Å². The molecule has 26 heavy (non-hydrogen) atoms. The zero-order chi connectivity index (χ0) is 18.1. The van der Waals surface area contributed by atoms with Gasteiger partial charge in [0.15, 0.2) is 0 Å². The molecule has 1 aromatic carbocycles. The topological polar surface area (TPSA) is 61.9 Å². The first kappa shape index (κ1) is 17.6. The number of carbonyl (C=O) groups excluding carboxylic acids is 2. The summed E-state index contributed by atoms with van der Waals surface area (Å²) in [4.78, 5) is 29.3. The van der Waals surface area contributed by atoms with Gasteiger partial charge in [-0.15, -0.1) is 0 Å². The molecule has 0 bridgehead atoms. The molecule has 0 radical (unpaired) electrons. The van der Waals surface area contributed by atoms with Gasteiger partial charge in [0, 0.05) is 49.2 Å². The van der Waals surface area contributed by atoms with Crippen LogP contribution in [-0.4, -0.2) is 67.0 Å². The molecule has 0 saturated carbocycles. The van der Waals surface area contributed by atoms with Crippen molar-refractivity contribution in [3.05, 3.63) is 28.8 Å². The molecule has 1 aromatic rings. The largest absolute Gasteiger partial charge is 0.378 e. The third-order valence-corrected chi connectivity index (χ3v) is 5.83. The Morgan fingerprint density at radius 2 is 1.73 bits per heavy atom. The zero-order valence-electron chi connectivity index (χ0n) is 14.7. The maximum atomic E-state index is 12.9. The Labute approximate surface area is 158 Å². The van der Waals surface area contributed by atoms with Crippen molar-refractivity contribution in [2.24, 2.45) is 5.92 Å². The number of rotatable bonds is 2. The van der Waals surface area contributed by atoms with Crippen molar-refractivity contribution in [2.45, 2.75) is 25.3 Å². The molecule has 7 heteroatoms. The molecule has 3 aliphatic heterocycles. The lowest BCUT2D eigenvalue weighted by atomic mass is 9.94. The highest BCUT2D eigenvalue weighted by Gasteiger charge is 2.35. The van der Waals surface area contributed by atoms with Crippen molar-refractivity contribution in [3.63, 3.8) is 0 Å². The highest BCUT2D eigenvalue weighted by Crippen LogP contribution is 2.30. The Hall–Kier alpha value is -1.79. The molecule has 2 fully saturated rings. The molecular formula is C19H24ClN3O3. The van der Waals surface area contributed by atoms with Gasteiger partial charge in [-0.3, -0.25) is 9.59 Å². The first-order valence-electron chi connectivity index (χ1n) is 9.32. The third-order valence-electron chi connectivity index (χ3n) is 5.60. The average Bonchev–Trinajstić information content (AvgIpc) is 3.11. The number of piperidine rings is 1. The summed E-state index contributed by atoms with van der Waals surface area (Å²) < 4.78 is 5.31. The summed E-state index contributed by atoms with van der Waals surface area (Å²) in [6, 6.07) is 5.46. The molecule has 1 N–H and O–H groups in total.